The molecule has 7 heteroatoms. The molecular weight excluding hydrogens is 319 g/mol. The summed E-state index contributed by atoms with van der Waals surface area (Å²) in [7, 11) is 0. The minimum absolute atomic E-state index is 0.157. The molecule has 0 aliphatic rings. The molecule has 0 bridgehead atoms. The number of carbonyl (C=O) groups is 1. The van der Waals surface area contributed by atoms with E-state index in [4.69, 9.17) is 9.63 Å². The summed E-state index contributed by atoms with van der Waals surface area (Å²) in [6, 6.07) is 4.33. The van der Waals surface area contributed by atoms with Crippen LogP contribution in [0.5, 0.6) is 0 Å². The summed E-state index contributed by atoms with van der Waals surface area (Å²) < 4.78 is 18.6. The van der Waals surface area contributed by atoms with Crippen molar-refractivity contribution in [1.29, 1.82) is 0 Å². The molecule has 2 aromatic rings. The van der Waals surface area contributed by atoms with E-state index in [1.165, 1.54) is 12.1 Å². The number of hydrogen-bond acceptors (Lipinski definition) is 4. The first-order valence-electron chi connectivity index (χ1n) is 5.36. The predicted molar refractivity (Wildman–Crippen MR) is 69.6 cm³/mol. The topological polar surface area (TPSA) is 75.4 Å². The summed E-state index contributed by atoms with van der Waals surface area (Å²) in [5.74, 6) is -1.17. The Labute approximate surface area is 116 Å². The number of anilines is 1. The number of hydrogen-bond donors (Lipinski definition) is 2. The molecule has 5 nitrogen and oxygen atoms in total. The van der Waals surface area contributed by atoms with Crippen LogP contribution >= 0.6 is 15.9 Å². The van der Waals surface area contributed by atoms with Crippen LogP contribution in [-0.4, -0.2) is 16.2 Å². The largest absolute Gasteiger partial charge is 0.476 e. The zero-order valence-corrected chi connectivity index (χ0v) is 11.5. The van der Waals surface area contributed by atoms with Gasteiger partial charge in [-0.15, -0.1) is 0 Å². The van der Waals surface area contributed by atoms with Gasteiger partial charge in [0.05, 0.1) is 11.0 Å². The fourth-order valence-corrected chi connectivity index (χ4v) is 1.97. The third kappa shape index (κ3) is 3.11. The summed E-state index contributed by atoms with van der Waals surface area (Å²) in [5, 5.41) is 15.0. The molecule has 0 aliphatic carbocycles. The van der Waals surface area contributed by atoms with E-state index in [2.05, 4.69) is 26.4 Å². The number of carboxylic acids is 1. The average Bonchev–Trinajstić information content (AvgIpc) is 2.81. The highest BCUT2D eigenvalue weighted by Gasteiger charge is 2.11. The van der Waals surface area contributed by atoms with E-state index >= 15 is 0 Å². The number of benzene rings is 1. The normalized spacial score (nSPS) is 10.5. The number of rotatable bonds is 4. The second-order valence-electron chi connectivity index (χ2n) is 3.92. The van der Waals surface area contributed by atoms with Gasteiger partial charge in [-0.25, -0.2) is 9.18 Å². The Balaban J connectivity index is 2.09. The number of aromatic nitrogens is 1. The minimum Gasteiger partial charge on any atom is -0.476 e. The van der Waals surface area contributed by atoms with Crippen LogP contribution in [0.1, 0.15) is 21.8 Å². The first-order chi connectivity index (χ1) is 8.97. The van der Waals surface area contributed by atoms with Crippen molar-refractivity contribution in [3.05, 3.63) is 45.5 Å². The molecule has 0 unspecified atom stereocenters. The summed E-state index contributed by atoms with van der Waals surface area (Å²) in [5.41, 5.74) is 1.30. The fourth-order valence-electron chi connectivity index (χ4n) is 1.52. The van der Waals surface area contributed by atoms with E-state index in [1.54, 1.807) is 6.07 Å². The number of nitrogens with one attached hydrogen (secondary N) is 1. The molecule has 2 rings (SSSR count). The van der Waals surface area contributed by atoms with Gasteiger partial charge in [-0.1, -0.05) is 5.16 Å². The molecule has 0 aliphatic heterocycles. The van der Waals surface area contributed by atoms with Gasteiger partial charge in [0.25, 0.3) is 0 Å². The summed E-state index contributed by atoms with van der Waals surface area (Å²) in [6.07, 6.45) is 0. The molecule has 1 aromatic heterocycles. The molecular formula is C12H10BrFN2O3. The van der Waals surface area contributed by atoms with Crippen molar-refractivity contribution in [1.82, 2.24) is 5.16 Å². The highest BCUT2D eigenvalue weighted by molar-refractivity contribution is 9.10. The second kappa shape index (κ2) is 5.40. The van der Waals surface area contributed by atoms with Gasteiger partial charge in [0, 0.05) is 11.8 Å². The van der Waals surface area contributed by atoms with Crippen molar-refractivity contribution in [2.45, 2.75) is 13.5 Å². The number of carboxylic acid groups (broad SMARTS) is 1. The van der Waals surface area contributed by atoms with E-state index in [0.29, 0.717) is 15.9 Å². The van der Waals surface area contributed by atoms with E-state index in [-0.39, 0.29) is 18.1 Å². The van der Waals surface area contributed by atoms with Crippen LogP contribution in [0.2, 0.25) is 0 Å². The van der Waals surface area contributed by atoms with Crippen LogP contribution in [0, 0.1) is 12.7 Å². The molecule has 0 atom stereocenters. The molecule has 0 saturated carbocycles. The minimum atomic E-state index is -1.15. The Morgan fingerprint density at radius 3 is 2.89 bits per heavy atom. The van der Waals surface area contributed by atoms with Crippen molar-refractivity contribution < 1.29 is 18.8 Å². The van der Waals surface area contributed by atoms with Crippen LogP contribution in [0.3, 0.4) is 0 Å². The average molecular weight is 329 g/mol. The van der Waals surface area contributed by atoms with Gasteiger partial charge in [-0.3, -0.25) is 0 Å². The van der Waals surface area contributed by atoms with Crippen molar-refractivity contribution in [3.63, 3.8) is 0 Å². The lowest BCUT2D eigenvalue weighted by molar-refractivity contribution is 0.0685. The molecule has 19 heavy (non-hydrogen) atoms. The van der Waals surface area contributed by atoms with Gasteiger partial charge < -0.3 is 14.9 Å². The van der Waals surface area contributed by atoms with Crippen molar-refractivity contribution in [2.24, 2.45) is 0 Å². The molecule has 0 amide bonds. The lowest BCUT2D eigenvalue weighted by Gasteiger charge is -2.08. The van der Waals surface area contributed by atoms with Gasteiger partial charge >= 0.3 is 5.97 Å². The molecule has 2 N–H and O–H groups in total. The number of aromatic carboxylic acids is 1. The Bertz CT molecular complexity index is 627. The highest BCUT2D eigenvalue weighted by Crippen LogP contribution is 2.24. The Morgan fingerprint density at radius 1 is 1.53 bits per heavy atom. The van der Waals surface area contributed by atoms with E-state index in [0.717, 1.165) is 5.56 Å². The molecule has 0 radical (unpaired) electrons. The van der Waals surface area contributed by atoms with Gasteiger partial charge in [0.2, 0.25) is 0 Å². The van der Waals surface area contributed by atoms with Crippen molar-refractivity contribution >= 4 is 27.6 Å². The first-order valence-corrected chi connectivity index (χ1v) is 6.15. The van der Waals surface area contributed by atoms with Crippen molar-refractivity contribution in [3.8, 4) is 0 Å². The van der Waals surface area contributed by atoms with E-state index in [9.17, 15) is 9.18 Å². The molecule has 0 saturated heterocycles. The lowest BCUT2D eigenvalue weighted by atomic mass is 10.2. The molecule has 0 spiro atoms. The Morgan fingerprint density at radius 2 is 2.26 bits per heavy atom. The summed E-state index contributed by atoms with van der Waals surface area (Å²) in [6.45, 7) is 2.05. The van der Waals surface area contributed by atoms with Crippen LogP contribution in [0.15, 0.2) is 27.2 Å². The first kappa shape index (κ1) is 13.5. The Kier molecular flexibility index (Phi) is 3.84. The van der Waals surface area contributed by atoms with Gasteiger partial charge in [0.15, 0.2) is 11.5 Å². The van der Waals surface area contributed by atoms with Crippen LogP contribution in [0.25, 0.3) is 0 Å². The maximum atomic E-state index is 13.4. The van der Waals surface area contributed by atoms with Gasteiger partial charge in [0.1, 0.15) is 5.82 Å². The smallest absolute Gasteiger partial charge is 0.358 e. The summed E-state index contributed by atoms with van der Waals surface area (Å²) in [4.78, 5) is 10.6. The van der Waals surface area contributed by atoms with Crippen molar-refractivity contribution in [2.75, 3.05) is 5.32 Å². The predicted octanol–water partition coefficient (Wildman–Crippen LogP) is 3.19. The zero-order valence-electron chi connectivity index (χ0n) is 9.91. The van der Waals surface area contributed by atoms with Gasteiger partial charge in [-0.2, -0.15) is 0 Å². The Hall–Kier alpha value is -1.89. The highest BCUT2D eigenvalue weighted by atomic mass is 79.9. The number of halogens is 2. The second-order valence-corrected chi connectivity index (χ2v) is 4.77. The number of aryl methyl sites for hydroxylation is 1. The lowest BCUT2D eigenvalue weighted by Crippen LogP contribution is -2.01. The third-order valence-corrected chi connectivity index (χ3v) is 3.11. The molecule has 100 valence electrons. The quantitative estimate of drug-likeness (QED) is 0.901. The fraction of sp³-hybridized carbons (Fsp3) is 0.167. The third-order valence-electron chi connectivity index (χ3n) is 2.50. The van der Waals surface area contributed by atoms with E-state index in [1.807, 2.05) is 6.92 Å². The van der Waals surface area contributed by atoms with Crippen LogP contribution in [-0.2, 0) is 6.54 Å². The van der Waals surface area contributed by atoms with Gasteiger partial charge in [-0.05, 0) is 40.5 Å². The molecule has 0 fully saturated rings. The standard InChI is InChI=1S/C12H10BrFN2O3/c1-6-2-8(13)9(14)4-10(6)15-5-7-3-11(12(17)18)16-19-7/h2-4,15H,5H2,1H3,(H,17,18). The zero-order chi connectivity index (χ0) is 14.0. The SMILES string of the molecule is Cc1cc(Br)c(F)cc1NCc1cc(C(=O)O)no1. The summed E-state index contributed by atoms with van der Waals surface area (Å²) >= 11 is 3.10. The molecule has 1 aromatic carbocycles. The van der Waals surface area contributed by atoms with E-state index < -0.39 is 5.97 Å². The molecule has 1 heterocycles. The number of nitrogens with zero attached hydrogens (tertiary/aromatic N) is 1. The maximum absolute atomic E-state index is 13.4. The maximum Gasteiger partial charge on any atom is 0.358 e. The monoisotopic (exact) mass is 328 g/mol. The van der Waals surface area contributed by atoms with Crippen LogP contribution in [0.4, 0.5) is 10.1 Å². The van der Waals surface area contributed by atoms with Crippen LogP contribution < -0.4 is 5.32 Å².